The molecule has 0 N–H and O–H groups in total. The van der Waals surface area contributed by atoms with Gasteiger partial charge in [-0.25, -0.2) is 13.2 Å². The van der Waals surface area contributed by atoms with Gasteiger partial charge in [0.25, 0.3) is 0 Å². The van der Waals surface area contributed by atoms with E-state index in [-0.39, 0.29) is 18.0 Å². The van der Waals surface area contributed by atoms with Gasteiger partial charge in [-0.15, -0.1) is 0 Å². The van der Waals surface area contributed by atoms with Crippen molar-refractivity contribution in [3.63, 3.8) is 0 Å². The van der Waals surface area contributed by atoms with Gasteiger partial charge in [0.15, 0.2) is 16.9 Å². The average molecular weight is 473 g/mol. The van der Waals surface area contributed by atoms with Crippen LogP contribution in [0, 0.1) is 17.8 Å². The Morgan fingerprint density at radius 3 is 2.06 bits per heavy atom. The highest BCUT2D eigenvalue weighted by Gasteiger charge is 2.61. The molecule has 0 aromatic rings. The van der Waals surface area contributed by atoms with Gasteiger partial charge in [0.1, 0.15) is 0 Å². The molecule has 0 atom stereocenters. The van der Waals surface area contributed by atoms with Gasteiger partial charge in [-0.1, -0.05) is 6.58 Å². The van der Waals surface area contributed by atoms with E-state index in [1.54, 1.807) is 0 Å². The zero-order chi connectivity index (χ0) is 23.1. The highest BCUT2D eigenvalue weighted by atomic mass is 32.2. The Kier molecular flexibility index (Phi) is 6.77. The van der Waals surface area contributed by atoms with Crippen LogP contribution in [0.4, 0.5) is 17.6 Å². The summed E-state index contributed by atoms with van der Waals surface area (Å²) in [5.74, 6) is -4.07. The molecule has 0 unspecified atom stereocenters. The molecule has 178 valence electrons. The van der Waals surface area contributed by atoms with Gasteiger partial charge < -0.3 is 18.8 Å². The standard InChI is InChI=1S/C19H26F4O7S/c1-12(10-28-3-2-18(20,21)19(22,23)31(25,26)27)16(24)29-11-30-17-7-13-4-14(8-17)6-15(5-13)9-17/h13-15H,1-11H2,(H,25,26,27)/p-1. The Bertz CT molecular complexity index is 777. The minimum Gasteiger partial charge on any atom is -0.743 e. The van der Waals surface area contributed by atoms with E-state index in [4.69, 9.17) is 9.47 Å². The van der Waals surface area contributed by atoms with Gasteiger partial charge in [0.05, 0.1) is 24.4 Å². The predicted octanol–water partition coefficient (Wildman–Crippen LogP) is 3.21. The first-order valence-corrected chi connectivity index (χ1v) is 11.4. The molecule has 0 aromatic heterocycles. The number of hydrogen-bond donors (Lipinski definition) is 0. The quantitative estimate of drug-likeness (QED) is 0.113. The minimum absolute atomic E-state index is 0.249. The fourth-order valence-corrected chi connectivity index (χ4v) is 5.77. The summed E-state index contributed by atoms with van der Waals surface area (Å²) in [6, 6.07) is 0. The van der Waals surface area contributed by atoms with Gasteiger partial charge >= 0.3 is 17.1 Å². The van der Waals surface area contributed by atoms with Crippen molar-refractivity contribution in [1.29, 1.82) is 0 Å². The van der Waals surface area contributed by atoms with Gasteiger partial charge in [-0.2, -0.15) is 17.6 Å². The second kappa shape index (κ2) is 8.60. The molecule has 7 nitrogen and oxygen atoms in total. The summed E-state index contributed by atoms with van der Waals surface area (Å²) in [5, 5.41) is -5.77. The molecule has 4 aliphatic carbocycles. The second-order valence-corrected chi connectivity index (χ2v) is 10.3. The average Bonchev–Trinajstić information content (AvgIpc) is 2.62. The van der Waals surface area contributed by atoms with E-state index < -0.39 is 46.9 Å². The van der Waals surface area contributed by atoms with Crippen LogP contribution >= 0.6 is 0 Å². The Labute approximate surface area is 177 Å². The van der Waals surface area contributed by atoms with Crippen LogP contribution < -0.4 is 0 Å². The van der Waals surface area contributed by atoms with Crippen molar-refractivity contribution in [2.75, 3.05) is 20.0 Å². The molecular formula is C19H25F4O7S-. The van der Waals surface area contributed by atoms with E-state index in [9.17, 15) is 35.3 Å². The summed E-state index contributed by atoms with van der Waals surface area (Å²) in [6.07, 6.45) is 4.77. The zero-order valence-electron chi connectivity index (χ0n) is 16.8. The summed E-state index contributed by atoms with van der Waals surface area (Å²) in [6.45, 7) is 1.47. The number of carbonyl (C=O) groups excluding carboxylic acids is 1. The molecule has 4 saturated carbocycles. The molecule has 0 aliphatic heterocycles. The van der Waals surface area contributed by atoms with E-state index in [1.807, 2.05) is 0 Å². The molecule has 12 heteroatoms. The number of hydrogen-bond acceptors (Lipinski definition) is 7. The summed E-state index contributed by atoms with van der Waals surface area (Å²) in [5.41, 5.74) is -0.522. The van der Waals surface area contributed by atoms with Crippen molar-refractivity contribution in [2.24, 2.45) is 17.8 Å². The third-order valence-electron chi connectivity index (χ3n) is 6.40. The lowest BCUT2D eigenvalue weighted by atomic mass is 9.54. The molecular weight excluding hydrogens is 448 g/mol. The molecule has 0 amide bonds. The third kappa shape index (κ3) is 5.23. The van der Waals surface area contributed by atoms with Crippen molar-refractivity contribution in [2.45, 2.75) is 61.7 Å². The lowest BCUT2D eigenvalue weighted by molar-refractivity contribution is -0.208. The maximum Gasteiger partial charge on any atom is 0.396 e. The second-order valence-electron chi connectivity index (χ2n) is 8.88. The van der Waals surface area contributed by atoms with Crippen LogP contribution in [0.1, 0.15) is 44.9 Å². The fourth-order valence-electron chi connectivity index (χ4n) is 5.30. The van der Waals surface area contributed by atoms with E-state index in [0.717, 1.165) is 19.3 Å². The largest absolute Gasteiger partial charge is 0.743 e. The molecule has 4 aliphatic rings. The van der Waals surface area contributed by atoms with Gasteiger partial charge in [0.2, 0.25) is 0 Å². The lowest BCUT2D eigenvalue weighted by Crippen LogP contribution is -2.52. The number of alkyl halides is 4. The number of carbonyl (C=O) groups is 1. The monoisotopic (exact) mass is 473 g/mol. The Morgan fingerprint density at radius 2 is 1.58 bits per heavy atom. The lowest BCUT2D eigenvalue weighted by Gasteiger charge is -2.56. The van der Waals surface area contributed by atoms with Crippen LogP contribution in [-0.4, -0.2) is 55.7 Å². The van der Waals surface area contributed by atoms with Crippen molar-refractivity contribution < 1.29 is 49.5 Å². The molecule has 0 aromatic carbocycles. The Hall–Kier alpha value is -1.24. The Balaban J connectivity index is 1.36. The van der Waals surface area contributed by atoms with Crippen molar-refractivity contribution in [3.05, 3.63) is 12.2 Å². The first kappa shape index (κ1) is 24.4. The normalized spacial score (nSPS) is 30.4. The molecule has 0 heterocycles. The Morgan fingerprint density at radius 1 is 1.06 bits per heavy atom. The predicted molar refractivity (Wildman–Crippen MR) is 97.1 cm³/mol. The summed E-state index contributed by atoms with van der Waals surface area (Å²) >= 11 is 0. The molecule has 0 radical (unpaired) electrons. The smallest absolute Gasteiger partial charge is 0.396 e. The number of rotatable bonds is 11. The molecule has 4 fully saturated rings. The maximum absolute atomic E-state index is 13.3. The van der Waals surface area contributed by atoms with E-state index >= 15 is 0 Å². The van der Waals surface area contributed by atoms with Crippen LogP contribution in [0.5, 0.6) is 0 Å². The minimum atomic E-state index is -6.55. The van der Waals surface area contributed by atoms with Crippen LogP contribution in [0.2, 0.25) is 0 Å². The first-order chi connectivity index (χ1) is 14.2. The summed E-state index contributed by atoms with van der Waals surface area (Å²) in [4.78, 5) is 11.9. The highest BCUT2D eigenvalue weighted by Crippen LogP contribution is 2.57. The van der Waals surface area contributed by atoms with Gasteiger partial charge in [-0.05, 0) is 56.3 Å². The maximum atomic E-state index is 13.3. The van der Waals surface area contributed by atoms with Crippen molar-refractivity contribution >= 4 is 16.1 Å². The van der Waals surface area contributed by atoms with Crippen molar-refractivity contribution in [3.8, 4) is 0 Å². The first-order valence-electron chi connectivity index (χ1n) is 10.0. The third-order valence-corrected chi connectivity index (χ3v) is 7.33. The van der Waals surface area contributed by atoms with Crippen LogP contribution in [0.25, 0.3) is 0 Å². The van der Waals surface area contributed by atoms with Gasteiger partial charge in [0, 0.05) is 6.42 Å². The summed E-state index contributed by atoms with van der Waals surface area (Å²) in [7, 11) is -6.55. The molecule has 4 rings (SSSR count). The van der Waals surface area contributed by atoms with E-state index in [1.165, 1.54) is 19.3 Å². The number of halogens is 4. The fraction of sp³-hybridized carbons (Fsp3) is 0.842. The molecule has 0 saturated heterocycles. The molecule has 0 spiro atoms. The van der Waals surface area contributed by atoms with Crippen molar-refractivity contribution in [1.82, 2.24) is 0 Å². The number of ether oxygens (including phenoxy) is 3. The summed E-state index contributed by atoms with van der Waals surface area (Å²) < 4.78 is 99.2. The number of esters is 1. The molecule has 4 bridgehead atoms. The SMILES string of the molecule is C=C(COCCC(F)(F)C(F)(F)S(=O)(=O)[O-])C(=O)OCOC12CC3CC(CC(C3)C1)C2. The van der Waals surface area contributed by atoms with Gasteiger partial charge in [-0.3, -0.25) is 0 Å². The molecule has 31 heavy (non-hydrogen) atoms. The van der Waals surface area contributed by atoms with Crippen LogP contribution in [0.15, 0.2) is 12.2 Å². The van der Waals surface area contributed by atoms with Crippen LogP contribution in [-0.2, 0) is 29.1 Å². The van der Waals surface area contributed by atoms with E-state index in [0.29, 0.717) is 17.8 Å². The highest BCUT2D eigenvalue weighted by molar-refractivity contribution is 7.86. The van der Waals surface area contributed by atoms with Crippen LogP contribution in [0.3, 0.4) is 0 Å². The van der Waals surface area contributed by atoms with E-state index in [2.05, 4.69) is 11.3 Å². The zero-order valence-corrected chi connectivity index (χ0v) is 17.6. The topological polar surface area (TPSA) is 102 Å².